The van der Waals surface area contributed by atoms with Gasteiger partial charge in [-0.25, -0.2) is 0 Å². The Morgan fingerprint density at radius 3 is 1.08 bits per heavy atom. The number of cyclic esters (lactones) is 4. The third kappa shape index (κ3) is 25.2. The summed E-state index contributed by atoms with van der Waals surface area (Å²) in [6.45, 7) is 0.572. The first-order valence-corrected chi connectivity index (χ1v) is 21.7. The second-order valence-corrected chi connectivity index (χ2v) is 15.7. The third-order valence-electron chi connectivity index (χ3n) is 9.86. The molecule has 71 heavy (non-hydrogen) atoms. The minimum absolute atomic E-state index is 0.0106. The first-order chi connectivity index (χ1) is 33.4. The van der Waals surface area contributed by atoms with E-state index in [2.05, 4.69) is 14.8 Å². The van der Waals surface area contributed by atoms with Crippen molar-refractivity contribution in [3.05, 3.63) is 24.3 Å². The zero-order valence-electron chi connectivity index (χ0n) is 38.7. The molecular weight excluding hydrogens is 954 g/mol. The number of carboxylic acid groups (broad SMARTS) is 5. The topological polar surface area (TPSA) is 397 Å². The fourth-order valence-electron chi connectivity index (χ4n) is 6.69. The molecule has 0 saturated carbocycles. The molecule has 6 N–H and O–H groups in total. The lowest BCUT2D eigenvalue weighted by Gasteiger charge is -2.30. The Morgan fingerprint density at radius 2 is 0.746 bits per heavy atom. The molecule has 0 radical (unpaired) electrons. The quantitative estimate of drug-likeness (QED) is 0.0231. The van der Waals surface area contributed by atoms with Crippen LogP contribution in [0.2, 0.25) is 0 Å². The minimum Gasteiger partial charge on any atom is -0.480 e. The summed E-state index contributed by atoms with van der Waals surface area (Å²) in [4.78, 5) is 168. The van der Waals surface area contributed by atoms with Crippen molar-refractivity contribution in [1.82, 2.24) is 44.5 Å². The second-order valence-electron chi connectivity index (χ2n) is 15.7. The monoisotopic (exact) mass is 1010 g/mol. The highest BCUT2D eigenvalue weighted by atomic mass is 16.6. The van der Waals surface area contributed by atoms with Gasteiger partial charge in [0.05, 0.1) is 65.4 Å². The van der Waals surface area contributed by atoms with E-state index in [-0.39, 0.29) is 90.4 Å². The Kier molecular flexibility index (Phi) is 26.1. The number of imide groups is 2. The summed E-state index contributed by atoms with van der Waals surface area (Å²) in [7, 11) is 0. The van der Waals surface area contributed by atoms with Crippen LogP contribution in [0.4, 0.5) is 0 Å². The van der Waals surface area contributed by atoms with E-state index in [4.69, 9.17) is 25.5 Å². The maximum Gasteiger partial charge on any atom is 0.327 e. The van der Waals surface area contributed by atoms with Crippen LogP contribution in [0, 0.1) is 0 Å². The molecule has 4 aliphatic heterocycles. The van der Waals surface area contributed by atoms with Crippen LogP contribution in [0.3, 0.4) is 0 Å². The zero-order chi connectivity index (χ0) is 53.2. The van der Waals surface area contributed by atoms with Gasteiger partial charge in [0, 0.05) is 96.3 Å². The molecular formula is C41H57N9O21. The van der Waals surface area contributed by atoms with Crippen LogP contribution >= 0.6 is 0 Å². The SMILES string of the molecule is CCCN1C(=O)C=CC1=O.O=C(O)CN(CCN(CC(=O)O)CC(=O)O)CCN(CC(=O)O)CC(=O)NCCN1C(=O)C=CC1=O.O=C(O)CN(CCN1CC(=O)OC(=O)C1)CCN1CC(=O)OC(=O)C1. The fraction of sp³-hybridized carbons (Fsp3) is 0.561. The summed E-state index contributed by atoms with van der Waals surface area (Å²) >= 11 is 0. The molecule has 0 unspecified atom stereocenters. The molecule has 30 nitrogen and oxygen atoms in total. The number of nitrogens with one attached hydrogen (secondary N) is 1. The molecule has 2 fully saturated rings. The Bertz CT molecular complexity index is 1950. The number of carboxylic acids is 5. The van der Waals surface area contributed by atoms with Gasteiger partial charge in [0.25, 0.3) is 23.6 Å². The molecule has 0 aromatic heterocycles. The van der Waals surface area contributed by atoms with Gasteiger partial charge in [0.1, 0.15) is 0 Å². The molecule has 4 heterocycles. The van der Waals surface area contributed by atoms with Crippen molar-refractivity contribution in [2.75, 3.05) is 137 Å². The first kappa shape index (κ1) is 59.7. The smallest absolute Gasteiger partial charge is 0.327 e. The molecule has 30 heteroatoms. The number of nitrogens with zero attached hydrogens (tertiary/aromatic N) is 8. The average Bonchev–Trinajstić information content (AvgIpc) is 3.75. The van der Waals surface area contributed by atoms with E-state index in [9.17, 15) is 67.1 Å². The van der Waals surface area contributed by atoms with Crippen LogP contribution in [0.5, 0.6) is 0 Å². The number of carbonyl (C=O) groups excluding carboxylic acids is 9. The van der Waals surface area contributed by atoms with Crippen LogP contribution in [0.15, 0.2) is 24.3 Å². The number of rotatable bonds is 29. The lowest BCUT2D eigenvalue weighted by molar-refractivity contribution is -0.168. The molecule has 0 atom stereocenters. The predicted octanol–water partition coefficient (Wildman–Crippen LogP) is -6.26. The van der Waals surface area contributed by atoms with Gasteiger partial charge < -0.3 is 40.3 Å². The van der Waals surface area contributed by atoms with E-state index in [1.54, 1.807) is 14.7 Å². The van der Waals surface area contributed by atoms with Gasteiger partial charge in [0.15, 0.2) is 0 Å². The molecule has 0 bridgehead atoms. The van der Waals surface area contributed by atoms with E-state index in [0.717, 1.165) is 28.4 Å². The number of carbonyl (C=O) groups is 14. The largest absolute Gasteiger partial charge is 0.480 e. The summed E-state index contributed by atoms with van der Waals surface area (Å²) in [6, 6.07) is 0. The van der Waals surface area contributed by atoms with E-state index >= 15 is 0 Å². The van der Waals surface area contributed by atoms with Crippen LogP contribution in [-0.4, -0.2) is 285 Å². The van der Waals surface area contributed by atoms with Crippen LogP contribution in [-0.2, 0) is 76.6 Å². The molecule has 0 aromatic carbocycles. The maximum atomic E-state index is 12.2. The highest BCUT2D eigenvalue weighted by Crippen LogP contribution is 2.06. The lowest BCUT2D eigenvalue weighted by Crippen LogP contribution is -2.49. The van der Waals surface area contributed by atoms with Crippen molar-refractivity contribution in [2.24, 2.45) is 0 Å². The number of morpholine rings is 2. The number of aliphatic carboxylic acids is 5. The Balaban J connectivity index is 0.000000422. The number of hydrogen-bond acceptors (Lipinski definition) is 22. The molecule has 0 aromatic rings. The molecule has 4 aliphatic rings. The Hall–Kier alpha value is -7.38. The van der Waals surface area contributed by atoms with Gasteiger partial charge >= 0.3 is 53.7 Å². The van der Waals surface area contributed by atoms with Crippen LogP contribution < -0.4 is 5.32 Å². The van der Waals surface area contributed by atoms with Gasteiger partial charge in [-0.15, -0.1) is 0 Å². The molecule has 2 saturated heterocycles. The number of esters is 4. The summed E-state index contributed by atoms with van der Waals surface area (Å²) in [5.41, 5.74) is 0. The lowest BCUT2D eigenvalue weighted by atomic mass is 10.3. The summed E-state index contributed by atoms with van der Waals surface area (Å²) < 4.78 is 8.85. The standard InChI is InChI=1S/C20H29N5O11.C14H19N3O8.C7H9NO2/c26-14(21-3-4-25-15(27)1-2-16(25)28)9-23(11-18(31)32)7-5-22(10-17(29)30)6-8-24(12-19(33)34)13-20(35)36;18-10(19)5-15(1-3-16-6-11(20)24-12(21)7-16)2-4-17-8-13(22)25-14(23)9-17;1-2-5-8-6(9)3-4-7(8)10/h1-2H,3-13H2,(H,21,26)(H,29,30)(H,31,32)(H,33,34)(H,35,36);1-9H2,(H,18,19);3-4H,2,5H2,1H3. The van der Waals surface area contributed by atoms with Gasteiger partial charge in [-0.1, -0.05) is 6.92 Å². The van der Waals surface area contributed by atoms with Crippen molar-refractivity contribution in [3.63, 3.8) is 0 Å². The normalized spacial score (nSPS) is 16.1. The molecule has 4 rings (SSSR count). The Labute approximate surface area is 404 Å². The average molecular weight is 1010 g/mol. The third-order valence-corrected chi connectivity index (χ3v) is 9.86. The van der Waals surface area contributed by atoms with Crippen molar-refractivity contribution in [1.29, 1.82) is 0 Å². The van der Waals surface area contributed by atoms with E-state index in [0.29, 0.717) is 32.7 Å². The minimum atomic E-state index is -1.26. The zero-order valence-corrected chi connectivity index (χ0v) is 38.7. The summed E-state index contributed by atoms with van der Waals surface area (Å²) in [5.74, 6) is -10.5. The summed E-state index contributed by atoms with van der Waals surface area (Å²) in [6.07, 6.45) is 5.63. The van der Waals surface area contributed by atoms with Gasteiger partial charge in [-0.05, 0) is 6.42 Å². The molecule has 0 spiro atoms. The summed E-state index contributed by atoms with van der Waals surface area (Å²) in [5, 5.41) is 47.6. The van der Waals surface area contributed by atoms with Crippen molar-refractivity contribution in [2.45, 2.75) is 13.3 Å². The number of hydrogen-bond donors (Lipinski definition) is 6. The van der Waals surface area contributed by atoms with Gasteiger partial charge in [-0.3, -0.25) is 106 Å². The van der Waals surface area contributed by atoms with E-state index in [1.807, 2.05) is 6.92 Å². The fourth-order valence-corrected chi connectivity index (χ4v) is 6.69. The first-order valence-electron chi connectivity index (χ1n) is 21.7. The van der Waals surface area contributed by atoms with Gasteiger partial charge in [-0.2, -0.15) is 0 Å². The molecule has 0 aliphatic carbocycles. The van der Waals surface area contributed by atoms with E-state index in [1.165, 1.54) is 26.9 Å². The highest BCUT2D eigenvalue weighted by Gasteiger charge is 2.28. The molecule has 392 valence electrons. The van der Waals surface area contributed by atoms with E-state index < -0.39 is 97.6 Å². The second kappa shape index (κ2) is 31.0. The van der Waals surface area contributed by atoms with Crippen LogP contribution in [0.1, 0.15) is 13.3 Å². The number of ether oxygens (including phenoxy) is 2. The predicted molar refractivity (Wildman–Crippen MR) is 234 cm³/mol. The van der Waals surface area contributed by atoms with Gasteiger partial charge in [0.2, 0.25) is 5.91 Å². The van der Waals surface area contributed by atoms with Crippen molar-refractivity contribution >= 4 is 83.3 Å². The number of amides is 5. The maximum absolute atomic E-state index is 12.2. The highest BCUT2D eigenvalue weighted by molar-refractivity contribution is 6.13. The molecule has 5 amide bonds. The van der Waals surface area contributed by atoms with Crippen LogP contribution in [0.25, 0.3) is 0 Å². The van der Waals surface area contributed by atoms with Crippen molar-refractivity contribution in [3.8, 4) is 0 Å². The van der Waals surface area contributed by atoms with Crippen molar-refractivity contribution < 1.29 is 102 Å². The Morgan fingerprint density at radius 1 is 0.451 bits per heavy atom.